The normalized spacial score (nSPS) is 14.4. The Morgan fingerprint density at radius 2 is 2.56 bits per heavy atom. The minimum absolute atomic E-state index is 0.103. The van der Waals surface area contributed by atoms with Gasteiger partial charge in [-0.3, -0.25) is 9.88 Å². The van der Waals surface area contributed by atoms with E-state index in [1.54, 1.807) is 0 Å². The summed E-state index contributed by atoms with van der Waals surface area (Å²) in [5, 5.41) is 10.3. The highest BCUT2D eigenvalue weighted by Gasteiger charge is 2.13. The van der Waals surface area contributed by atoms with Gasteiger partial charge in [0.15, 0.2) is 0 Å². The molecule has 0 radical (unpaired) electrons. The molecule has 2 atom stereocenters. The van der Waals surface area contributed by atoms with Crippen LogP contribution < -0.4 is 5.09 Å². The summed E-state index contributed by atoms with van der Waals surface area (Å²) in [7, 11) is -1.04. The number of halogens is 1. The summed E-state index contributed by atoms with van der Waals surface area (Å²) in [6, 6.07) is -0.864. The molecule has 54 valence electrons. The van der Waals surface area contributed by atoms with Gasteiger partial charge < -0.3 is 5.11 Å². The van der Waals surface area contributed by atoms with Crippen molar-refractivity contribution >= 4 is 27.6 Å². The third kappa shape index (κ3) is 3.67. The van der Waals surface area contributed by atoms with Crippen molar-refractivity contribution in [3.63, 3.8) is 0 Å². The zero-order chi connectivity index (χ0) is 7.28. The number of thiol groups is 1. The van der Waals surface area contributed by atoms with E-state index in [4.69, 9.17) is 5.11 Å². The second kappa shape index (κ2) is 4.97. The Balaban J connectivity index is 3.54. The van der Waals surface area contributed by atoms with Crippen molar-refractivity contribution < 1.29 is 14.1 Å². The first-order valence-electron chi connectivity index (χ1n) is 2.17. The molecule has 0 heterocycles. The van der Waals surface area contributed by atoms with E-state index in [9.17, 15) is 8.99 Å². The first kappa shape index (κ1) is 9.14. The standard InChI is InChI=1S/C3H7FNO2PS/c4-8-5-2(1-9)3(6)7/h2,5,8-9H,1H2,(H,6,7)/t2-/m0/s1. The van der Waals surface area contributed by atoms with Crippen LogP contribution in [0.1, 0.15) is 0 Å². The molecular weight excluding hydrogens is 164 g/mol. The van der Waals surface area contributed by atoms with Crippen molar-refractivity contribution in [3.8, 4) is 0 Å². The molecule has 9 heavy (non-hydrogen) atoms. The van der Waals surface area contributed by atoms with Crippen molar-refractivity contribution in [2.24, 2.45) is 0 Å². The van der Waals surface area contributed by atoms with Gasteiger partial charge in [-0.25, -0.2) is 4.20 Å². The zero-order valence-electron chi connectivity index (χ0n) is 4.47. The fourth-order valence-corrected chi connectivity index (χ4v) is 1.03. The van der Waals surface area contributed by atoms with Gasteiger partial charge >= 0.3 is 5.97 Å². The average molecular weight is 171 g/mol. The number of carboxylic acid groups (broad SMARTS) is 1. The summed E-state index contributed by atoms with van der Waals surface area (Å²) in [6.07, 6.45) is 0. The maximum atomic E-state index is 11.4. The number of nitrogens with one attached hydrogen (secondary N) is 1. The molecule has 0 bridgehead atoms. The third-order valence-corrected chi connectivity index (χ3v) is 1.53. The van der Waals surface area contributed by atoms with Crippen molar-refractivity contribution in [2.45, 2.75) is 6.04 Å². The van der Waals surface area contributed by atoms with Crippen molar-refractivity contribution in [3.05, 3.63) is 0 Å². The third-order valence-electron chi connectivity index (χ3n) is 0.709. The average Bonchev–Trinajstić information content (AvgIpc) is 1.82. The van der Waals surface area contributed by atoms with Crippen molar-refractivity contribution in [1.29, 1.82) is 0 Å². The molecule has 1 unspecified atom stereocenters. The number of aliphatic carboxylic acids is 1. The number of hydrogen-bond acceptors (Lipinski definition) is 3. The van der Waals surface area contributed by atoms with Crippen molar-refractivity contribution in [1.82, 2.24) is 5.09 Å². The highest BCUT2D eigenvalue weighted by Crippen LogP contribution is 2.05. The lowest BCUT2D eigenvalue weighted by molar-refractivity contribution is -0.138. The summed E-state index contributed by atoms with van der Waals surface area (Å²) in [4.78, 5) is 10.0. The van der Waals surface area contributed by atoms with Crippen LogP contribution in [0.4, 0.5) is 4.20 Å². The molecule has 0 aromatic heterocycles. The van der Waals surface area contributed by atoms with Gasteiger partial charge in [-0.1, -0.05) is 0 Å². The van der Waals surface area contributed by atoms with Crippen LogP contribution in [0.2, 0.25) is 0 Å². The fraction of sp³-hybridized carbons (Fsp3) is 0.667. The molecule has 6 heteroatoms. The SMILES string of the molecule is O=C(O)[C@H](CS)NPF. The maximum Gasteiger partial charge on any atom is 0.321 e. The molecule has 0 aliphatic carbocycles. The lowest BCUT2D eigenvalue weighted by Gasteiger charge is -2.05. The van der Waals surface area contributed by atoms with Gasteiger partial charge in [0.25, 0.3) is 0 Å². The second-order valence-corrected chi connectivity index (χ2v) is 2.16. The Morgan fingerprint density at radius 1 is 2.00 bits per heavy atom. The Morgan fingerprint density at radius 3 is 2.67 bits per heavy atom. The smallest absolute Gasteiger partial charge is 0.321 e. The first-order valence-corrected chi connectivity index (χ1v) is 3.68. The molecule has 0 aromatic rings. The highest BCUT2D eigenvalue weighted by atomic mass is 32.1. The predicted molar refractivity (Wildman–Crippen MR) is 37.8 cm³/mol. The summed E-state index contributed by atoms with van der Waals surface area (Å²) in [5.41, 5.74) is 0. The minimum atomic E-state index is -1.07. The molecule has 3 nitrogen and oxygen atoms in total. The lowest BCUT2D eigenvalue weighted by Crippen LogP contribution is -2.32. The molecular formula is C3H7FNO2PS. The van der Waals surface area contributed by atoms with E-state index in [0.717, 1.165) is 0 Å². The molecule has 0 saturated carbocycles. The Labute approximate surface area is 59.4 Å². The molecule has 0 rings (SSSR count). The van der Waals surface area contributed by atoms with E-state index < -0.39 is 21.1 Å². The van der Waals surface area contributed by atoms with Crippen LogP contribution in [0.3, 0.4) is 0 Å². The Hall–Kier alpha value is 0.140. The Kier molecular flexibility index (Phi) is 5.04. The molecule has 0 aromatic carbocycles. The monoisotopic (exact) mass is 171 g/mol. The van der Waals surface area contributed by atoms with Crippen LogP contribution in [-0.2, 0) is 4.79 Å². The van der Waals surface area contributed by atoms with E-state index in [0.29, 0.717) is 0 Å². The maximum absolute atomic E-state index is 11.4. The predicted octanol–water partition coefficient (Wildman–Crippen LogP) is 0.437. The number of carbonyl (C=O) groups is 1. The van der Waals surface area contributed by atoms with Crippen LogP contribution in [0.25, 0.3) is 0 Å². The van der Waals surface area contributed by atoms with Crippen molar-refractivity contribution in [2.75, 3.05) is 5.75 Å². The van der Waals surface area contributed by atoms with Crippen LogP contribution in [0, 0.1) is 0 Å². The topological polar surface area (TPSA) is 49.3 Å². The van der Waals surface area contributed by atoms with Gasteiger partial charge in [0.2, 0.25) is 0 Å². The van der Waals surface area contributed by atoms with E-state index in [1.165, 1.54) is 0 Å². The van der Waals surface area contributed by atoms with Crippen LogP contribution in [0.15, 0.2) is 0 Å². The van der Waals surface area contributed by atoms with Crippen LogP contribution in [0.5, 0.6) is 0 Å². The zero-order valence-corrected chi connectivity index (χ0v) is 6.36. The summed E-state index contributed by atoms with van der Waals surface area (Å²) in [5.74, 6) is -0.971. The number of hydrogen-bond donors (Lipinski definition) is 3. The molecule has 0 amide bonds. The van der Waals surface area contributed by atoms with E-state index in [2.05, 4.69) is 17.7 Å². The molecule has 0 aliphatic rings. The van der Waals surface area contributed by atoms with Gasteiger partial charge in [-0.15, -0.1) is 0 Å². The largest absolute Gasteiger partial charge is 0.480 e. The fourth-order valence-electron chi connectivity index (χ4n) is 0.251. The van der Waals surface area contributed by atoms with Gasteiger partial charge in [0.05, 0.1) is 0 Å². The summed E-state index contributed by atoms with van der Waals surface area (Å²) < 4.78 is 11.4. The van der Waals surface area contributed by atoms with Gasteiger partial charge in [-0.05, 0) is 0 Å². The number of carboxylic acids is 1. The first-order chi connectivity index (χ1) is 4.22. The Bertz CT molecular complexity index is 104. The molecule has 0 aliphatic heterocycles. The molecule has 2 N–H and O–H groups in total. The van der Waals surface area contributed by atoms with E-state index in [1.807, 2.05) is 0 Å². The number of rotatable bonds is 4. The van der Waals surface area contributed by atoms with Gasteiger partial charge in [-0.2, -0.15) is 12.6 Å². The second-order valence-electron chi connectivity index (χ2n) is 1.31. The van der Waals surface area contributed by atoms with Gasteiger partial charge in [0, 0.05) is 5.75 Å². The van der Waals surface area contributed by atoms with Crippen LogP contribution in [-0.4, -0.2) is 22.9 Å². The lowest BCUT2D eigenvalue weighted by atomic mass is 10.4. The quantitative estimate of drug-likeness (QED) is 0.425. The van der Waals surface area contributed by atoms with E-state index in [-0.39, 0.29) is 5.75 Å². The summed E-state index contributed by atoms with van der Waals surface area (Å²) >= 11 is 3.68. The summed E-state index contributed by atoms with van der Waals surface area (Å²) in [6.45, 7) is 0. The van der Waals surface area contributed by atoms with Gasteiger partial charge in [0.1, 0.15) is 15.1 Å². The highest BCUT2D eigenvalue weighted by molar-refractivity contribution is 7.80. The molecule has 0 saturated heterocycles. The molecule has 0 fully saturated rings. The van der Waals surface area contributed by atoms with Crippen LogP contribution >= 0.6 is 21.7 Å². The molecule has 0 spiro atoms. The van der Waals surface area contributed by atoms with E-state index >= 15 is 0 Å². The minimum Gasteiger partial charge on any atom is -0.480 e.